The molecule has 16 nitrogen and oxygen atoms in total. The van der Waals surface area contributed by atoms with Crippen LogP contribution in [0.2, 0.25) is 0 Å². The zero-order valence-electron chi connectivity index (χ0n) is 58.6. The Hall–Kier alpha value is -5.80. The standard InChI is InChI=1S/C10H13NO.C10H21NO.C9H17NO.C9H11NO.2C9H19NO.C7H13NO.C6H11NO/c1-9(11-12-2)8-10-6-4-3-5-7-10;1-9(2,3)8(11-12-7)10(4,5)6;2*1-8(10-11-2)9-6-4-3-5-7-9;1-7(2)8(10-11-6)9(3,4)5;1-5-6-7-9(8(2)3)10-11-4;1-9-8-7-5-3-2-4-6-7;1-8-7-6-4-2-3-5-6/h3-7H,8H2,1-2H3;1-7H3;9H,3-7H2,1-2H3;3-7H,1-2H3;7H,1-6H3;8H,5-7H2,1-4H3;2-6H2,1H3;2-5H2,1H3/b11-9-;;3*10-8-;10-9-;;. The maximum absolute atomic E-state index is 4.84. The second kappa shape index (κ2) is 51.4. The normalized spacial score (nSPS) is 14.9. The Kier molecular flexibility index (Phi) is 50.5. The third kappa shape index (κ3) is 46.1. The fourth-order valence-electron chi connectivity index (χ4n) is 9.48. The Morgan fingerprint density at radius 1 is 0.471 bits per heavy atom. The molecular weight excluding hydrogens is 1070 g/mol. The van der Waals surface area contributed by atoms with E-state index in [0.717, 1.165) is 66.9 Å². The zero-order valence-corrected chi connectivity index (χ0v) is 58.6. The molecule has 0 atom stereocenters. The van der Waals surface area contributed by atoms with Crippen LogP contribution in [-0.4, -0.2) is 103 Å². The van der Waals surface area contributed by atoms with Gasteiger partial charge in [0.2, 0.25) is 0 Å². The van der Waals surface area contributed by atoms with E-state index in [1.165, 1.54) is 105 Å². The lowest BCUT2D eigenvalue weighted by molar-refractivity contribution is 0.203. The van der Waals surface area contributed by atoms with Gasteiger partial charge in [-0.05, 0) is 121 Å². The maximum Gasteiger partial charge on any atom is 0.106 e. The first-order chi connectivity index (χ1) is 40.2. The molecule has 2 aromatic carbocycles. The third-order valence-corrected chi connectivity index (χ3v) is 13.2. The molecule has 3 aliphatic carbocycles. The summed E-state index contributed by atoms with van der Waals surface area (Å²) < 4.78 is 0. The van der Waals surface area contributed by atoms with Gasteiger partial charge in [0.25, 0.3) is 0 Å². The maximum atomic E-state index is 4.84. The van der Waals surface area contributed by atoms with Gasteiger partial charge in [-0.1, -0.05) is 231 Å². The van der Waals surface area contributed by atoms with Gasteiger partial charge in [-0.15, -0.1) is 0 Å². The van der Waals surface area contributed by atoms with E-state index in [4.69, 9.17) is 19.4 Å². The summed E-state index contributed by atoms with van der Waals surface area (Å²) in [7, 11) is 12.7. The molecule has 0 saturated heterocycles. The number of oxime groups is 8. The monoisotopic (exact) mass is 1190 g/mol. The van der Waals surface area contributed by atoms with E-state index >= 15 is 0 Å². The van der Waals surface area contributed by atoms with Crippen molar-refractivity contribution in [2.24, 2.45) is 75.2 Å². The van der Waals surface area contributed by atoms with E-state index in [9.17, 15) is 0 Å². The fraction of sp³-hybridized carbons (Fsp3) is 0.710. The number of hydrogen-bond acceptors (Lipinski definition) is 16. The van der Waals surface area contributed by atoms with Crippen LogP contribution in [0.1, 0.15) is 238 Å². The first-order valence-electron chi connectivity index (χ1n) is 31.0. The van der Waals surface area contributed by atoms with Crippen LogP contribution in [0.3, 0.4) is 0 Å². The van der Waals surface area contributed by atoms with Crippen LogP contribution in [0.15, 0.2) is 102 Å². The molecular formula is C69H124N8O8. The molecule has 0 radical (unpaired) electrons. The molecule has 2 aromatic rings. The first-order valence-corrected chi connectivity index (χ1v) is 31.0. The minimum absolute atomic E-state index is 0.0776. The summed E-state index contributed by atoms with van der Waals surface area (Å²) in [6.07, 6.45) is 22.2. The van der Waals surface area contributed by atoms with Gasteiger partial charge in [0.1, 0.15) is 56.9 Å². The number of unbranched alkanes of at least 4 members (excludes halogenated alkanes) is 1. The van der Waals surface area contributed by atoms with Crippen LogP contribution in [0.25, 0.3) is 0 Å². The predicted octanol–water partition coefficient (Wildman–Crippen LogP) is 19.0. The van der Waals surface area contributed by atoms with Crippen molar-refractivity contribution in [2.75, 3.05) is 56.9 Å². The van der Waals surface area contributed by atoms with Crippen molar-refractivity contribution in [1.29, 1.82) is 0 Å². The highest BCUT2D eigenvalue weighted by Crippen LogP contribution is 2.30. The van der Waals surface area contributed by atoms with Crippen molar-refractivity contribution in [3.05, 3.63) is 71.8 Å². The molecule has 0 N–H and O–H groups in total. The highest BCUT2D eigenvalue weighted by atomic mass is 16.6. The van der Waals surface area contributed by atoms with E-state index in [2.05, 4.69) is 177 Å². The van der Waals surface area contributed by atoms with Gasteiger partial charge in [0.05, 0.1) is 45.7 Å². The summed E-state index contributed by atoms with van der Waals surface area (Å²) in [5, 5.41) is 31.4. The lowest BCUT2D eigenvalue weighted by atomic mass is 9.75. The Morgan fingerprint density at radius 2 is 0.894 bits per heavy atom. The van der Waals surface area contributed by atoms with Crippen molar-refractivity contribution in [2.45, 2.75) is 233 Å². The quantitative estimate of drug-likeness (QED) is 0.111. The van der Waals surface area contributed by atoms with Crippen LogP contribution < -0.4 is 0 Å². The smallest absolute Gasteiger partial charge is 0.106 e. The van der Waals surface area contributed by atoms with Crippen LogP contribution in [0, 0.1) is 34.0 Å². The van der Waals surface area contributed by atoms with Crippen molar-refractivity contribution >= 4 is 45.7 Å². The van der Waals surface area contributed by atoms with Crippen molar-refractivity contribution < 1.29 is 38.7 Å². The summed E-state index contributed by atoms with van der Waals surface area (Å²) in [6.45, 7) is 36.0. The van der Waals surface area contributed by atoms with Crippen molar-refractivity contribution in [1.82, 2.24) is 0 Å². The number of benzene rings is 2. The predicted molar refractivity (Wildman–Crippen MR) is 364 cm³/mol. The number of hydrogen-bond donors (Lipinski definition) is 0. The van der Waals surface area contributed by atoms with Crippen LogP contribution in [-0.2, 0) is 45.1 Å². The van der Waals surface area contributed by atoms with E-state index in [0.29, 0.717) is 17.8 Å². The fourth-order valence-corrected chi connectivity index (χ4v) is 9.48. The molecule has 85 heavy (non-hydrogen) atoms. The Labute approximate surface area is 519 Å². The van der Waals surface area contributed by atoms with E-state index in [1.54, 1.807) is 56.9 Å². The molecule has 5 rings (SSSR count). The Bertz CT molecular complexity index is 2150. The molecule has 3 fully saturated rings. The van der Waals surface area contributed by atoms with Crippen LogP contribution in [0.4, 0.5) is 0 Å². The summed E-state index contributed by atoms with van der Waals surface area (Å²) >= 11 is 0. The summed E-state index contributed by atoms with van der Waals surface area (Å²) in [5.74, 6) is 1.67. The Balaban J connectivity index is -0.000000906. The molecule has 3 saturated carbocycles. The molecule has 16 heteroatoms. The van der Waals surface area contributed by atoms with Gasteiger partial charge in [-0.3, -0.25) is 0 Å². The second-order valence-corrected chi connectivity index (χ2v) is 24.8. The lowest BCUT2D eigenvalue weighted by Gasteiger charge is -2.30. The molecule has 0 unspecified atom stereocenters. The molecule has 488 valence electrons. The topological polar surface area (TPSA) is 173 Å². The second-order valence-electron chi connectivity index (χ2n) is 24.8. The summed E-state index contributed by atoms with van der Waals surface area (Å²) in [4.78, 5) is 37.7. The molecule has 0 spiro atoms. The molecule has 0 aromatic heterocycles. The minimum atomic E-state index is 0.0776. The van der Waals surface area contributed by atoms with E-state index in [-0.39, 0.29) is 16.2 Å². The molecule has 0 heterocycles. The third-order valence-electron chi connectivity index (χ3n) is 13.2. The average molecular weight is 1190 g/mol. The van der Waals surface area contributed by atoms with E-state index in [1.807, 2.05) is 62.4 Å². The number of rotatable bonds is 17. The van der Waals surface area contributed by atoms with Gasteiger partial charge in [0.15, 0.2) is 0 Å². The zero-order chi connectivity index (χ0) is 65.1. The highest BCUT2D eigenvalue weighted by molar-refractivity contribution is 5.98. The molecule has 0 bridgehead atoms. The van der Waals surface area contributed by atoms with Crippen molar-refractivity contribution in [3.8, 4) is 0 Å². The molecule has 0 amide bonds. The van der Waals surface area contributed by atoms with Gasteiger partial charge in [-0.25, -0.2) is 0 Å². The van der Waals surface area contributed by atoms with Crippen LogP contribution >= 0.6 is 0 Å². The molecule has 3 aliphatic rings. The van der Waals surface area contributed by atoms with Gasteiger partial charge >= 0.3 is 0 Å². The van der Waals surface area contributed by atoms with Crippen LogP contribution in [0.5, 0.6) is 0 Å². The highest BCUT2D eigenvalue weighted by Gasteiger charge is 2.30. The summed E-state index contributed by atoms with van der Waals surface area (Å²) in [6, 6.07) is 20.1. The van der Waals surface area contributed by atoms with Crippen molar-refractivity contribution in [3.63, 3.8) is 0 Å². The Morgan fingerprint density at radius 3 is 1.25 bits per heavy atom. The first kappa shape index (κ1) is 83.4. The minimum Gasteiger partial charge on any atom is -0.399 e. The SMILES string of the molecule is CCCC/C(=N/OC)C(C)C.CO/N=C(/C(C)C)C(C)(C)C.CO/N=C(/C)C1CCCCC1.CO/N=C(/C)Cc1ccccc1.CO/N=C(/C)c1ccccc1.CON=C(C(C)(C)C)C(C)(C)C.CON=C1CCCC1.CON=C1CCCCC1. The molecule has 0 aliphatic heterocycles. The summed E-state index contributed by atoms with van der Waals surface area (Å²) in [5.41, 5.74) is 11.5. The van der Waals surface area contributed by atoms with Gasteiger partial charge in [-0.2, -0.15) is 0 Å². The average Bonchev–Trinajstić information content (AvgIpc) is 4.17. The largest absolute Gasteiger partial charge is 0.399 e. The van der Waals surface area contributed by atoms with Gasteiger partial charge < -0.3 is 38.7 Å². The van der Waals surface area contributed by atoms with E-state index < -0.39 is 0 Å². The lowest BCUT2D eigenvalue weighted by Crippen LogP contribution is -2.33. The number of nitrogens with zero attached hydrogens (tertiary/aromatic N) is 8. The van der Waals surface area contributed by atoms with Gasteiger partial charge in [0, 0.05) is 28.6 Å².